The van der Waals surface area contributed by atoms with Crippen molar-refractivity contribution in [1.29, 1.82) is 5.26 Å². The number of hydrogen-bond acceptors (Lipinski definition) is 7. The molecule has 8 heteroatoms. The fourth-order valence-corrected chi connectivity index (χ4v) is 4.95. The number of fused-ring (bicyclic) bond motifs is 3. The SMILES string of the molecule is C[C@H]1N(c2ccccc2N2CC3[C@H](C#N)[C@H]3C2)C(=O)O[C@]12Nc1nocc12. The van der Waals surface area contributed by atoms with Gasteiger partial charge in [0.15, 0.2) is 5.82 Å². The first-order valence-corrected chi connectivity index (χ1v) is 9.13. The summed E-state index contributed by atoms with van der Waals surface area (Å²) in [5.74, 6) is 1.71. The van der Waals surface area contributed by atoms with E-state index in [1.54, 1.807) is 4.90 Å². The van der Waals surface area contributed by atoms with Crippen molar-refractivity contribution in [2.24, 2.45) is 17.8 Å². The van der Waals surface area contributed by atoms with Crippen LogP contribution in [0, 0.1) is 29.1 Å². The maximum Gasteiger partial charge on any atom is 0.417 e. The highest BCUT2D eigenvalue weighted by Crippen LogP contribution is 2.55. The third kappa shape index (κ3) is 1.71. The molecule has 136 valence electrons. The zero-order valence-corrected chi connectivity index (χ0v) is 14.6. The van der Waals surface area contributed by atoms with Crippen molar-refractivity contribution in [3.05, 3.63) is 36.1 Å². The molecular weight excluding hydrogens is 346 g/mol. The first-order valence-electron chi connectivity index (χ1n) is 9.13. The summed E-state index contributed by atoms with van der Waals surface area (Å²) in [5, 5.41) is 16.2. The van der Waals surface area contributed by atoms with Crippen molar-refractivity contribution in [3.8, 4) is 6.07 Å². The second kappa shape index (κ2) is 4.74. The summed E-state index contributed by atoms with van der Waals surface area (Å²) >= 11 is 0. The Kier molecular flexibility index (Phi) is 2.62. The van der Waals surface area contributed by atoms with E-state index >= 15 is 0 Å². The minimum Gasteiger partial charge on any atom is -0.416 e. The lowest BCUT2D eigenvalue weighted by Gasteiger charge is -2.39. The number of nitriles is 1. The van der Waals surface area contributed by atoms with E-state index in [1.165, 1.54) is 6.26 Å². The number of piperidine rings is 1. The first-order chi connectivity index (χ1) is 13.1. The van der Waals surface area contributed by atoms with Crippen LogP contribution < -0.4 is 15.1 Å². The zero-order chi connectivity index (χ0) is 18.3. The van der Waals surface area contributed by atoms with Gasteiger partial charge in [-0.1, -0.05) is 17.3 Å². The van der Waals surface area contributed by atoms with Crippen LogP contribution in [0.1, 0.15) is 12.5 Å². The summed E-state index contributed by atoms with van der Waals surface area (Å²) in [6.45, 7) is 3.67. The molecule has 1 aromatic heterocycles. The van der Waals surface area contributed by atoms with Crippen molar-refractivity contribution in [1.82, 2.24) is 5.16 Å². The topological polar surface area (TPSA) is 94.6 Å². The number of rotatable bonds is 2. The number of aromatic nitrogens is 1. The van der Waals surface area contributed by atoms with Gasteiger partial charge in [0.1, 0.15) is 17.9 Å². The largest absolute Gasteiger partial charge is 0.417 e. The van der Waals surface area contributed by atoms with E-state index in [1.807, 2.05) is 31.2 Å². The molecule has 2 aromatic rings. The average Bonchev–Trinajstić information content (AvgIpc) is 2.97. The Hall–Kier alpha value is -3.21. The van der Waals surface area contributed by atoms with E-state index in [9.17, 15) is 4.79 Å². The molecule has 1 aliphatic carbocycles. The highest BCUT2D eigenvalue weighted by atomic mass is 16.6. The molecule has 2 saturated heterocycles. The standard InChI is InChI=1S/C19H17N5O3/c1-10-19(14-9-26-22-17(14)21-19)27-18(25)24(10)16-5-3-2-4-15(16)23-7-12-11(6-20)13(12)8-23/h2-5,9-13H,7-8H2,1H3,(H,21,22)/t10-,11-,12-,13?,19-/m1/s1. The Morgan fingerprint density at radius 2 is 2.04 bits per heavy atom. The van der Waals surface area contributed by atoms with Gasteiger partial charge in [0.2, 0.25) is 5.72 Å². The third-order valence-electron chi connectivity index (χ3n) is 6.52. The van der Waals surface area contributed by atoms with Crippen LogP contribution in [0.5, 0.6) is 0 Å². The molecule has 3 aliphatic heterocycles. The molecule has 27 heavy (non-hydrogen) atoms. The van der Waals surface area contributed by atoms with Crippen LogP contribution in [0.3, 0.4) is 0 Å². The molecule has 4 heterocycles. The number of benzene rings is 1. The number of anilines is 3. The predicted octanol–water partition coefficient (Wildman–Crippen LogP) is 2.50. The smallest absolute Gasteiger partial charge is 0.416 e. The maximum atomic E-state index is 12.8. The zero-order valence-electron chi connectivity index (χ0n) is 14.6. The number of carbonyl (C=O) groups excluding carboxylic acids is 1. The van der Waals surface area contributed by atoms with E-state index in [0.29, 0.717) is 17.7 Å². The normalized spacial score (nSPS) is 35.2. The first kappa shape index (κ1) is 14.9. The van der Waals surface area contributed by atoms with Gasteiger partial charge < -0.3 is 19.5 Å². The molecule has 0 radical (unpaired) electrons. The van der Waals surface area contributed by atoms with Crippen molar-refractivity contribution in [3.63, 3.8) is 0 Å². The third-order valence-corrected chi connectivity index (χ3v) is 6.52. The van der Waals surface area contributed by atoms with Gasteiger partial charge in [-0.25, -0.2) is 4.79 Å². The van der Waals surface area contributed by atoms with Gasteiger partial charge in [-0.3, -0.25) is 4.90 Å². The average molecular weight is 363 g/mol. The monoisotopic (exact) mass is 363 g/mol. The summed E-state index contributed by atoms with van der Waals surface area (Å²) in [6, 6.07) is 10.0. The summed E-state index contributed by atoms with van der Waals surface area (Å²) in [7, 11) is 0. The molecule has 1 saturated carbocycles. The van der Waals surface area contributed by atoms with Gasteiger partial charge in [-0.2, -0.15) is 5.26 Å². The minimum absolute atomic E-state index is 0.193. The lowest BCUT2D eigenvalue weighted by Crippen LogP contribution is -2.53. The van der Waals surface area contributed by atoms with Crippen molar-refractivity contribution >= 4 is 23.3 Å². The highest BCUT2D eigenvalue weighted by Gasteiger charge is 2.62. The number of para-hydroxylation sites is 2. The summed E-state index contributed by atoms with van der Waals surface area (Å²) < 4.78 is 10.7. The lowest BCUT2D eigenvalue weighted by molar-refractivity contribution is 0.0490. The van der Waals surface area contributed by atoms with Crippen LogP contribution in [0.2, 0.25) is 0 Å². The van der Waals surface area contributed by atoms with Gasteiger partial charge in [-0.05, 0) is 30.9 Å². The van der Waals surface area contributed by atoms with Gasteiger partial charge >= 0.3 is 6.09 Å². The summed E-state index contributed by atoms with van der Waals surface area (Å²) in [5.41, 5.74) is 1.68. The molecule has 5 atom stereocenters. The summed E-state index contributed by atoms with van der Waals surface area (Å²) in [6.07, 6.45) is 1.13. The molecule has 3 fully saturated rings. The molecular formula is C19H17N5O3. The van der Waals surface area contributed by atoms with Crippen molar-refractivity contribution in [2.75, 3.05) is 28.2 Å². The van der Waals surface area contributed by atoms with E-state index in [0.717, 1.165) is 30.0 Å². The Morgan fingerprint density at radius 3 is 2.74 bits per heavy atom. The van der Waals surface area contributed by atoms with Crippen LogP contribution in [0.15, 0.2) is 35.1 Å². The molecule has 0 bridgehead atoms. The number of nitrogens with one attached hydrogen (secondary N) is 1. The Bertz CT molecular complexity index is 1000. The van der Waals surface area contributed by atoms with Crippen LogP contribution in [-0.2, 0) is 10.5 Å². The van der Waals surface area contributed by atoms with E-state index in [4.69, 9.17) is 14.5 Å². The lowest BCUT2D eigenvalue weighted by atomic mass is 9.91. The molecule has 1 N–H and O–H groups in total. The maximum absolute atomic E-state index is 12.8. The molecule has 8 nitrogen and oxygen atoms in total. The number of ether oxygens (including phenoxy) is 1. The van der Waals surface area contributed by atoms with E-state index < -0.39 is 11.8 Å². The quantitative estimate of drug-likeness (QED) is 0.876. The van der Waals surface area contributed by atoms with Gasteiger partial charge in [0, 0.05) is 13.1 Å². The number of carbonyl (C=O) groups is 1. The molecule has 6 rings (SSSR count). The van der Waals surface area contributed by atoms with Crippen molar-refractivity contribution in [2.45, 2.75) is 18.7 Å². The molecule has 1 aromatic carbocycles. The molecule has 1 amide bonds. The van der Waals surface area contributed by atoms with Gasteiger partial charge in [0.05, 0.1) is 23.4 Å². The van der Waals surface area contributed by atoms with Crippen LogP contribution in [0.25, 0.3) is 0 Å². The number of hydrogen-bond donors (Lipinski definition) is 1. The number of amides is 1. The van der Waals surface area contributed by atoms with Gasteiger partial charge in [-0.15, -0.1) is 0 Å². The second-order valence-corrected chi connectivity index (χ2v) is 7.73. The van der Waals surface area contributed by atoms with Gasteiger partial charge in [0.25, 0.3) is 0 Å². The second-order valence-electron chi connectivity index (χ2n) is 7.73. The Labute approximate surface area is 155 Å². The fourth-order valence-electron chi connectivity index (χ4n) is 4.95. The van der Waals surface area contributed by atoms with E-state index in [-0.39, 0.29) is 12.0 Å². The molecule has 4 aliphatic rings. The van der Waals surface area contributed by atoms with Crippen LogP contribution in [-0.4, -0.2) is 30.4 Å². The fraction of sp³-hybridized carbons (Fsp3) is 0.421. The Morgan fingerprint density at radius 1 is 1.30 bits per heavy atom. The molecule has 1 spiro atoms. The van der Waals surface area contributed by atoms with E-state index in [2.05, 4.69) is 21.4 Å². The minimum atomic E-state index is -0.918. The van der Waals surface area contributed by atoms with Crippen LogP contribution in [0.4, 0.5) is 22.0 Å². The predicted molar refractivity (Wildman–Crippen MR) is 95.0 cm³/mol. The highest BCUT2D eigenvalue weighted by molar-refractivity contribution is 5.96. The molecule has 1 unspecified atom stereocenters. The number of nitrogens with zero attached hydrogens (tertiary/aromatic N) is 4. The van der Waals surface area contributed by atoms with Crippen LogP contribution >= 0.6 is 0 Å². The summed E-state index contributed by atoms with van der Waals surface area (Å²) in [4.78, 5) is 16.8. The van der Waals surface area contributed by atoms with Crippen molar-refractivity contribution < 1.29 is 14.1 Å². The Balaban J connectivity index is 1.34.